The molecule has 0 saturated carbocycles. The molecule has 1 N–H and O–H groups in total. The van der Waals surface area contributed by atoms with Gasteiger partial charge in [0.1, 0.15) is 5.78 Å². The summed E-state index contributed by atoms with van der Waals surface area (Å²) >= 11 is 0. The highest BCUT2D eigenvalue weighted by molar-refractivity contribution is 5.89. The number of alkyl halides is 3. The Morgan fingerprint density at radius 1 is 1.00 bits per heavy atom. The number of Topliss-reactive ketones (excluding diaryl/α,β-unsaturated/α-hetero) is 1. The Bertz CT molecular complexity index is 914. The number of halogens is 3. The van der Waals surface area contributed by atoms with Crippen molar-refractivity contribution in [1.82, 2.24) is 0 Å². The van der Waals surface area contributed by atoms with E-state index in [-0.39, 0.29) is 28.3 Å². The molecule has 0 bridgehead atoms. The van der Waals surface area contributed by atoms with E-state index < -0.39 is 34.3 Å². The van der Waals surface area contributed by atoms with E-state index in [1.54, 1.807) is 0 Å². The van der Waals surface area contributed by atoms with E-state index in [0.717, 1.165) is 12.1 Å². The maximum Gasteiger partial charge on any atom is 0.416 e. The van der Waals surface area contributed by atoms with E-state index in [4.69, 9.17) is 0 Å². The lowest BCUT2D eigenvalue weighted by Gasteiger charge is -2.31. The van der Waals surface area contributed by atoms with Gasteiger partial charge in [0.15, 0.2) is 0 Å². The lowest BCUT2D eigenvalue weighted by molar-refractivity contribution is -0.137. The smallest absolute Gasteiger partial charge is 0.378 e. The Morgan fingerprint density at radius 3 is 1.93 bits per heavy atom. The Morgan fingerprint density at radius 2 is 1.52 bits per heavy atom. The zero-order chi connectivity index (χ0) is 20.7. The molecule has 0 amide bonds. The fourth-order valence-electron chi connectivity index (χ4n) is 2.73. The second-order valence-electron chi connectivity index (χ2n) is 7.84. The highest BCUT2D eigenvalue weighted by Crippen LogP contribution is 2.34. The van der Waals surface area contributed by atoms with Gasteiger partial charge in [-0.1, -0.05) is 32.9 Å². The summed E-state index contributed by atoms with van der Waals surface area (Å²) in [5.74, 6) is -1.50. The second kappa shape index (κ2) is 6.94. The largest absolute Gasteiger partial charge is 0.416 e. The molecule has 0 aliphatic rings. The number of carbonyl (C=O) groups excluding carboxylic acids is 1. The molecule has 27 heavy (non-hydrogen) atoms. The minimum absolute atomic E-state index is 0.0170. The lowest BCUT2D eigenvalue weighted by atomic mass is 9.82. The van der Waals surface area contributed by atoms with Gasteiger partial charge in [-0.2, -0.15) is 13.2 Å². The number of hydrogen-bond donors (Lipinski definition) is 1. The SMILES string of the molecule is CC(=O)C(c1ccc(C(F)(F)F)cc1)c1c(NC(C)C(C)(C)C)c(=O)c1=O. The fraction of sp³-hybridized carbons (Fsp3) is 0.450. The maximum absolute atomic E-state index is 12.8. The number of rotatable bonds is 5. The van der Waals surface area contributed by atoms with Crippen LogP contribution in [0.5, 0.6) is 0 Å². The first-order valence-corrected chi connectivity index (χ1v) is 8.52. The Kier molecular flexibility index (Phi) is 5.37. The van der Waals surface area contributed by atoms with Gasteiger partial charge in [0.25, 0.3) is 0 Å². The second-order valence-corrected chi connectivity index (χ2v) is 7.84. The van der Waals surface area contributed by atoms with Crippen LogP contribution in [0.4, 0.5) is 18.9 Å². The molecule has 2 aromatic rings. The van der Waals surface area contributed by atoms with Gasteiger partial charge in [0.05, 0.1) is 17.2 Å². The number of hydrogen-bond acceptors (Lipinski definition) is 4. The van der Waals surface area contributed by atoms with Crippen molar-refractivity contribution in [3.8, 4) is 0 Å². The van der Waals surface area contributed by atoms with Crippen molar-refractivity contribution in [2.45, 2.75) is 52.8 Å². The Balaban J connectivity index is 2.47. The van der Waals surface area contributed by atoms with E-state index >= 15 is 0 Å². The topological polar surface area (TPSA) is 63.2 Å². The van der Waals surface area contributed by atoms with Crippen molar-refractivity contribution in [2.75, 3.05) is 5.32 Å². The quantitative estimate of drug-likeness (QED) is 0.799. The first-order chi connectivity index (χ1) is 12.2. The van der Waals surface area contributed by atoms with Crippen LogP contribution in [0.2, 0.25) is 0 Å². The van der Waals surface area contributed by atoms with Crippen molar-refractivity contribution in [3.63, 3.8) is 0 Å². The minimum atomic E-state index is -4.50. The average molecular weight is 381 g/mol. The Hall–Kier alpha value is -2.44. The van der Waals surface area contributed by atoms with Crippen LogP contribution in [0.25, 0.3) is 0 Å². The summed E-state index contributed by atoms with van der Waals surface area (Å²) in [5, 5.41) is 3.00. The summed E-state index contributed by atoms with van der Waals surface area (Å²) in [6.45, 7) is 8.95. The van der Waals surface area contributed by atoms with Crippen LogP contribution in [-0.2, 0) is 11.0 Å². The molecule has 146 valence electrons. The van der Waals surface area contributed by atoms with Gasteiger partial charge >= 0.3 is 6.18 Å². The molecule has 2 rings (SSSR count). The molecule has 0 aromatic heterocycles. The summed E-state index contributed by atoms with van der Waals surface area (Å²) in [7, 11) is 0. The van der Waals surface area contributed by atoms with Gasteiger partial charge < -0.3 is 5.32 Å². The number of ketones is 1. The molecular weight excluding hydrogens is 359 g/mol. The standard InChI is InChI=1S/C20H22F3NO3/c1-10(25)14(12-6-8-13(9-7-12)20(21,22)23)15-16(18(27)17(15)26)24-11(2)19(3,4)5/h6-9,11,14,24H,1-5H3. The van der Waals surface area contributed by atoms with Crippen LogP contribution in [0.1, 0.15) is 57.2 Å². The molecule has 2 aromatic carbocycles. The molecule has 0 aliphatic heterocycles. The highest BCUT2D eigenvalue weighted by Gasteiger charge is 2.35. The van der Waals surface area contributed by atoms with Gasteiger partial charge in [-0.25, -0.2) is 0 Å². The highest BCUT2D eigenvalue weighted by atomic mass is 19.4. The molecule has 0 heterocycles. The van der Waals surface area contributed by atoms with E-state index in [1.165, 1.54) is 19.1 Å². The van der Waals surface area contributed by atoms with E-state index in [1.807, 2.05) is 27.7 Å². The van der Waals surface area contributed by atoms with Gasteiger partial charge in [0.2, 0.25) is 10.9 Å². The maximum atomic E-state index is 12.8. The third kappa shape index (κ3) is 4.12. The van der Waals surface area contributed by atoms with Crippen molar-refractivity contribution in [3.05, 3.63) is 61.4 Å². The van der Waals surface area contributed by atoms with Crippen LogP contribution in [0.3, 0.4) is 0 Å². The molecule has 0 spiro atoms. The molecular formula is C20H22F3NO3. The Labute approximate surface area is 155 Å². The molecule has 2 unspecified atom stereocenters. The van der Waals surface area contributed by atoms with Crippen molar-refractivity contribution < 1.29 is 18.0 Å². The summed E-state index contributed by atoms with van der Waals surface area (Å²) in [6, 6.07) is 3.90. The van der Waals surface area contributed by atoms with Crippen molar-refractivity contribution >= 4 is 11.5 Å². The monoisotopic (exact) mass is 381 g/mol. The summed E-state index contributed by atoms with van der Waals surface area (Å²) in [6.07, 6.45) is -4.50. The van der Waals surface area contributed by atoms with E-state index in [2.05, 4.69) is 5.32 Å². The van der Waals surface area contributed by atoms with E-state index in [9.17, 15) is 27.6 Å². The summed E-state index contributed by atoms with van der Waals surface area (Å²) < 4.78 is 38.3. The van der Waals surface area contributed by atoms with Gasteiger partial charge in [0, 0.05) is 11.6 Å². The molecule has 0 aliphatic carbocycles. The van der Waals surface area contributed by atoms with Gasteiger partial charge in [-0.15, -0.1) is 0 Å². The minimum Gasteiger partial charge on any atom is -0.378 e. The lowest BCUT2D eigenvalue weighted by Crippen LogP contribution is -2.44. The average Bonchev–Trinajstić information content (AvgIpc) is 2.55. The molecule has 4 nitrogen and oxygen atoms in total. The summed E-state index contributed by atoms with van der Waals surface area (Å²) in [4.78, 5) is 36.4. The van der Waals surface area contributed by atoms with Crippen molar-refractivity contribution in [1.29, 1.82) is 0 Å². The zero-order valence-corrected chi connectivity index (χ0v) is 15.8. The van der Waals surface area contributed by atoms with Crippen LogP contribution in [0, 0.1) is 5.41 Å². The zero-order valence-electron chi connectivity index (χ0n) is 15.8. The van der Waals surface area contributed by atoms with Crippen LogP contribution in [-0.4, -0.2) is 11.8 Å². The fourth-order valence-corrected chi connectivity index (χ4v) is 2.73. The molecule has 7 heteroatoms. The predicted molar refractivity (Wildman–Crippen MR) is 97.9 cm³/mol. The van der Waals surface area contributed by atoms with E-state index in [0.29, 0.717) is 0 Å². The summed E-state index contributed by atoms with van der Waals surface area (Å²) in [5.41, 5.74) is -2.21. The number of nitrogens with one attached hydrogen (secondary N) is 1. The van der Waals surface area contributed by atoms with Gasteiger partial charge in [-0.05, 0) is 37.0 Å². The third-order valence-corrected chi connectivity index (χ3v) is 4.87. The molecule has 2 atom stereocenters. The number of carbonyl (C=O) groups is 1. The van der Waals surface area contributed by atoms with Crippen LogP contribution >= 0.6 is 0 Å². The number of benzene rings is 1. The molecule has 0 radical (unpaired) electrons. The van der Waals surface area contributed by atoms with Crippen LogP contribution in [0.15, 0.2) is 33.9 Å². The molecule has 0 saturated heterocycles. The molecule has 0 fully saturated rings. The normalized spacial score (nSPS) is 14.8. The first kappa shape index (κ1) is 20.9. The van der Waals surface area contributed by atoms with Crippen LogP contribution < -0.4 is 16.2 Å². The predicted octanol–water partition coefficient (Wildman–Crippen LogP) is 3.87. The first-order valence-electron chi connectivity index (χ1n) is 8.52. The third-order valence-electron chi connectivity index (χ3n) is 4.87. The van der Waals surface area contributed by atoms with Crippen molar-refractivity contribution in [2.24, 2.45) is 5.41 Å². The van der Waals surface area contributed by atoms with Gasteiger partial charge in [-0.3, -0.25) is 14.4 Å². The number of anilines is 1.